The maximum atomic E-state index is 12.0. The number of anilines is 1. The van der Waals surface area contributed by atoms with E-state index in [0.717, 1.165) is 26.9 Å². The maximum Gasteiger partial charge on any atom is 0.262 e. The van der Waals surface area contributed by atoms with Gasteiger partial charge in [-0.2, -0.15) is 0 Å². The van der Waals surface area contributed by atoms with E-state index in [1.807, 2.05) is 67.6 Å². The van der Waals surface area contributed by atoms with Crippen LogP contribution in [0.15, 0.2) is 77.3 Å². The molecule has 3 nitrogen and oxygen atoms in total. The summed E-state index contributed by atoms with van der Waals surface area (Å²) in [6.07, 6.45) is 0. The van der Waals surface area contributed by atoms with Gasteiger partial charge in [-0.25, -0.2) is 0 Å². The zero-order valence-electron chi connectivity index (χ0n) is 13.8. The largest absolute Gasteiger partial charge is 0.483 e. The maximum absolute atomic E-state index is 12.0. The molecule has 3 aromatic rings. The average molecular weight is 396 g/mol. The van der Waals surface area contributed by atoms with E-state index in [0.29, 0.717) is 5.75 Å². The summed E-state index contributed by atoms with van der Waals surface area (Å²) in [6, 6.07) is 23.6. The molecule has 0 aliphatic carbocycles. The van der Waals surface area contributed by atoms with Gasteiger partial charge in [0.25, 0.3) is 5.91 Å². The minimum atomic E-state index is -0.190. The van der Waals surface area contributed by atoms with Crippen LogP contribution in [0.2, 0.25) is 0 Å². The predicted octanol–water partition coefficient (Wildman–Crippen LogP) is 5.44. The lowest BCUT2D eigenvalue weighted by atomic mass is 10.1. The normalized spacial score (nSPS) is 10.3. The Morgan fingerprint density at radius 1 is 0.960 bits per heavy atom. The van der Waals surface area contributed by atoms with Gasteiger partial charge < -0.3 is 10.1 Å². The summed E-state index contributed by atoms with van der Waals surface area (Å²) < 4.78 is 6.45. The van der Waals surface area contributed by atoms with Gasteiger partial charge in [0.1, 0.15) is 5.75 Å². The minimum Gasteiger partial charge on any atom is -0.483 e. The lowest BCUT2D eigenvalue weighted by Gasteiger charge is -2.11. The number of rotatable bonds is 5. The van der Waals surface area contributed by atoms with Gasteiger partial charge in [0.05, 0.1) is 4.47 Å². The van der Waals surface area contributed by atoms with Crippen molar-refractivity contribution in [2.75, 3.05) is 11.9 Å². The Hall–Kier alpha value is -2.59. The van der Waals surface area contributed by atoms with Crippen molar-refractivity contribution >= 4 is 27.5 Å². The molecule has 0 atom stereocenters. The fourth-order valence-corrected chi connectivity index (χ4v) is 2.98. The van der Waals surface area contributed by atoms with E-state index in [-0.39, 0.29) is 12.5 Å². The Kier molecular flexibility index (Phi) is 5.51. The Morgan fingerprint density at radius 3 is 2.48 bits per heavy atom. The summed E-state index contributed by atoms with van der Waals surface area (Å²) in [5.74, 6) is 0.448. The first kappa shape index (κ1) is 17.2. The van der Waals surface area contributed by atoms with E-state index in [4.69, 9.17) is 4.74 Å². The molecule has 3 aromatic carbocycles. The number of benzene rings is 3. The Balaban J connectivity index is 1.62. The second kappa shape index (κ2) is 7.99. The summed E-state index contributed by atoms with van der Waals surface area (Å²) in [5, 5.41) is 2.83. The summed E-state index contributed by atoms with van der Waals surface area (Å²) in [4.78, 5) is 12.0. The van der Waals surface area contributed by atoms with Gasteiger partial charge in [0.2, 0.25) is 0 Å². The van der Waals surface area contributed by atoms with E-state index in [1.165, 1.54) is 0 Å². The van der Waals surface area contributed by atoms with Gasteiger partial charge in [0.15, 0.2) is 6.61 Å². The van der Waals surface area contributed by atoms with Crippen LogP contribution in [0, 0.1) is 6.92 Å². The molecule has 0 spiro atoms. The first-order chi connectivity index (χ1) is 12.1. The van der Waals surface area contributed by atoms with Crippen molar-refractivity contribution in [2.24, 2.45) is 0 Å². The second-order valence-corrected chi connectivity index (χ2v) is 6.57. The molecule has 0 radical (unpaired) electrons. The lowest BCUT2D eigenvalue weighted by molar-refractivity contribution is -0.118. The summed E-state index contributed by atoms with van der Waals surface area (Å²) in [6.45, 7) is 1.94. The highest BCUT2D eigenvalue weighted by molar-refractivity contribution is 9.10. The first-order valence-electron chi connectivity index (χ1n) is 7.96. The van der Waals surface area contributed by atoms with Gasteiger partial charge in [-0.05, 0) is 63.8 Å². The smallest absolute Gasteiger partial charge is 0.262 e. The molecule has 1 amide bonds. The van der Waals surface area contributed by atoms with Crippen molar-refractivity contribution in [2.45, 2.75) is 6.92 Å². The van der Waals surface area contributed by atoms with Gasteiger partial charge in [-0.1, -0.05) is 48.5 Å². The molecule has 126 valence electrons. The standard InChI is InChI=1S/C21H18BrNO2/c1-15-6-5-9-18(12-15)23-21(24)14-25-20-11-10-17(13-19(20)22)16-7-3-2-4-8-16/h2-13H,14H2,1H3,(H,23,24). The zero-order valence-corrected chi connectivity index (χ0v) is 15.4. The van der Waals surface area contributed by atoms with Crippen LogP contribution < -0.4 is 10.1 Å². The number of carbonyl (C=O) groups excluding carboxylic acids is 1. The van der Waals surface area contributed by atoms with Crippen LogP contribution in [-0.2, 0) is 4.79 Å². The molecule has 0 saturated carbocycles. The number of aryl methyl sites for hydroxylation is 1. The first-order valence-corrected chi connectivity index (χ1v) is 8.75. The Labute approximate surface area is 155 Å². The van der Waals surface area contributed by atoms with Gasteiger partial charge in [0, 0.05) is 5.69 Å². The van der Waals surface area contributed by atoms with Crippen LogP contribution in [0.1, 0.15) is 5.56 Å². The van der Waals surface area contributed by atoms with E-state index < -0.39 is 0 Å². The number of hydrogen-bond donors (Lipinski definition) is 1. The molecule has 1 N–H and O–H groups in total. The van der Waals surface area contributed by atoms with Crippen molar-refractivity contribution in [3.63, 3.8) is 0 Å². The Morgan fingerprint density at radius 2 is 1.76 bits per heavy atom. The van der Waals surface area contributed by atoms with E-state index in [2.05, 4.69) is 33.4 Å². The molecule has 4 heteroatoms. The fraction of sp³-hybridized carbons (Fsp3) is 0.0952. The van der Waals surface area contributed by atoms with E-state index in [9.17, 15) is 4.79 Å². The summed E-state index contributed by atoms with van der Waals surface area (Å²) in [5.41, 5.74) is 4.08. The molecule has 0 saturated heterocycles. The van der Waals surface area contributed by atoms with Gasteiger partial charge in [-0.15, -0.1) is 0 Å². The highest BCUT2D eigenvalue weighted by atomic mass is 79.9. The quantitative estimate of drug-likeness (QED) is 0.624. The topological polar surface area (TPSA) is 38.3 Å². The predicted molar refractivity (Wildman–Crippen MR) is 105 cm³/mol. The molecular weight excluding hydrogens is 378 g/mol. The Bertz CT molecular complexity index is 878. The van der Waals surface area contributed by atoms with Crippen LogP contribution in [0.5, 0.6) is 5.75 Å². The molecule has 0 heterocycles. The number of ether oxygens (including phenoxy) is 1. The minimum absolute atomic E-state index is 0.0444. The van der Waals surface area contributed by atoms with Crippen molar-refractivity contribution in [1.82, 2.24) is 0 Å². The molecular formula is C21H18BrNO2. The molecule has 0 aliphatic rings. The molecule has 25 heavy (non-hydrogen) atoms. The third-order valence-electron chi connectivity index (χ3n) is 3.70. The van der Waals surface area contributed by atoms with Crippen LogP contribution in [0.3, 0.4) is 0 Å². The number of nitrogens with one attached hydrogen (secondary N) is 1. The van der Waals surface area contributed by atoms with Crippen LogP contribution in [0.4, 0.5) is 5.69 Å². The average Bonchev–Trinajstić information content (AvgIpc) is 2.61. The summed E-state index contributed by atoms with van der Waals surface area (Å²) >= 11 is 3.51. The molecule has 3 rings (SSSR count). The number of carbonyl (C=O) groups is 1. The third-order valence-corrected chi connectivity index (χ3v) is 4.32. The number of hydrogen-bond acceptors (Lipinski definition) is 2. The summed E-state index contributed by atoms with van der Waals surface area (Å²) in [7, 11) is 0. The van der Waals surface area contributed by atoms with Crippen molar-refractivity contribution in [3.8, 4) is 16.9 Å². The highest BCUT2D eigenvalue weighted by Crippen LogP contribution is 2.30. The van der Waals surface area contributed by atoms with E-state index in [1.54, 1.807) is 0 Å². The SMILES string of the molecule is Cc1cccc(NC(=O)COc2ccc(-c3ccccc3)cc2Br)c1. The zero-order chi connectivity index (χ0) is 17.6. The molecule has 0 aliphatic heterocycles. The second-order valence-electron chi connectivity index (χ2n) is 5.72. The molecule has 0 bridgehead atoms. The third kappa shape index (κ3) is 4.70. The van der Waals surface area contributed by atoms with Gasteiger partial charge >= 0.3 is 0 Å². The monoisotopic (exact) mass is 395 g/mol. The van der Waals surface area contributed by atoms with E-state index >= 15 is 0 Å². The molecule has 0 fully saturated rings. The molecule has 0 unspecified atom stereocenters. The number of amides is 1. The van der Waals surface area contributed by atoms with Crippen molar-refractivity contribution in [3.05, 3.63) is 82.8 Å². The van der Waals surface area contributed by atoms with Crippen LogP contribution in [-0.4, -0.2) is 12.5 Å². The van der Waals surface area contributed by atoms with Gasteiger partial charge in [-0.3, -0.25) is 4.79 Å². The van der Waals surface area contributed by atoms with Crippen molar-refractivity contribution < 1.29 is 9.53 Å². The van der Waals surface area contributed by atoms with Crippen LogP contribution in [0.25, 0.3) is 11.1 Å². The highest BCUT2D eigenvalue weighted by Gasteiger charge is 2.08. The molecule has 0 aromatic heterocycles. The number of halogens is 1. The van der Waals surface area contributed by atoms with Crippen molar-refractivity contribution in [1.29, 1.82) is 0 Å². The van der Waals surface area contributed by atoms with Crippen LogP contribution >= 0.6 is 15.9 Å². The fourth-order valence-electron chi connectivity index (χ4n) is 2.49. The lowest BCUT2D eigenvalue weighted by Crippen LogP contribution is -2.20.